The summed E-state index contributed by atoms with van der Waals surface area (Å²) in [7, 11) is 1.56. The number of rotatable bonds is 3. The number of fused-ring (bicyclic) bond motifs is 1. The van der Waals surface area contributed by atoms with Crippen molar-refractivity contribution in [3.63, 3.8) is 0 Å². The van der Waals surface area contributed by atoms with Crippen molar-refractivity contribution in [3.05, 3.63) is 65.3 Å². The van der Waals surface area contributed by atoms with Crippen LogP contribution in [-0.2, 0) is 0 Å². The summed E-state index contributed by atoms with van der Waals surface area (Å²) >= 11 is 0. The van der Waals surface area contributed by atoms with Crippen LogP contribution in [0.25, 0.3) is 0 Å². The van der Waals surface area contributed by atoms with Crippen molar-refractivity contribution in [3.8, 4) is 5.75 Å². The van der Waals surface area contributed by atoms with Gasteiger partial charge in [0.15, 0.2) is 0 Å². The van der Waals surface area contributed by atoms with E-state index in [1.165, 1.54) is 0 Å². The maximum absolute atomic E-state index is 10.4. The van der Waals surface area contributed by atoms with Crippen LogP contribution in [-0.4, -0.2) is 17.3 Å². The molecule has 2 unspecified atom stereocenters. The minimum absolute atomic E-state index is 0.593. The first kappa shape index (κ1) is 13.6. The summed E-state index contributed by atoms with van der Waals surface area (Å²) in [5.41, 5.74) is 2.75. The van der Waals surface area contributed by atoms with Gasteiger partial charge in [-0.3, -0.25) is 0 Å². The van der Waals surface area contributed by atoms with Crippen LogP contribution in [0.2, 0.25) is 0 Å². The van der Waals surface area contributed by atoms with Crippen molar-refractivity contribution >= 4 is 0 Å². The molecule has 0 aromatic heterocycles. The first-order valence-corrected chi connectivity index (χ1v) is 6.14. The maximum Gasteiger partial charge on any atom is 0.125 e. The van der Waals surface area contributed by atoms with Gasteiger partial charge in [0.1, 0.15) is 18.0 Å². The normalized spacial score (nSPS) is 22.5. The average molecular weight is 258 g/mol. The zero-order valence-electron chi connectivity index (χ0n) is 11.1. The number of ether oxygens (including phenoxy) is 1. The number of aliphatic hydroxyl groups is 2. The number of allylic oxidation sites excluding steroid dienone is 2. The van der Waals surface area contributed by atoms with Crippen LogP contribution < -0.4 is 4.74 Å². The SMILES string of the molecule is C=C/C=C\C1=C(C)C(O)c2c(OC)cccc2C1O. The molecule has 1 aliphatic rings. The first-order chi connectivity index (χ1) is 9.11. The lowest BCUT2D eigenvalue weighted by molar-refractivity contribution is 0.168. The molecule has 3 heteroatoms. The molecule has 0 aliphatic heterocycles. The fourth-order valence-corrected chi connectivity index (χ4v) is 2.42. The second-order valence-electron chi connectivity index (χ2n) is 4.50. The molecule has 0 amide bonds. The highest BCUT2D eigenvalue weighted by atomic mass is 16.5. The van der Waals surface area contributed by atoms with E-state index >= 15 is 0 Å². The van der Waals surface area contributed by atoms with E-state index in [4.69, 9.17) is 4.74 Å². The van der Waals surface area contributed by atoms with Crippen LogP contribution >= 0.6 is 0 Å². The standard InChI is InChI=1S/C16H18O3/c1-4-5-7-11-10(2)15(17)14-12(16(11)18)8-6-9-13(14)19-3/h4-9,15-18H,1H2,2-3H3/b7-5-. The third-order valence-electron chi connectivity index (χ3n) is 3.46. The van der Waals surface area contributed by atoms with E-state index in [1.54, 1.807) is 37.5 Å². The van der Waals surface area contributed by atoms with Crippen LogP contribution in [0.3, 0.4) is 0 Å². The van der Waals surface area contributed by atoms with Gasteiger partial charge < -0.3 is 14.9 Å². The molecular formula is C16H18O3. The summed E-state index contributed by atoms with van der Waals surface area (Å²) in [6, 6.07) is 5.40. The molecule has 1 aromatic rings. The molecule has 0 saturated carbocycles. The van der Waals surface area contributed by atoms with Gasteiger partial charge in [-0.15, -0.1) is 0 Å². The molecule has 1 aliphatic carbocycles. The predicted octanol–water partition coefficient (Wildman–Crippen LogP) is 2.83. The Labute approximate surface area is 113 Å². The Bertz CT molecular complexity index is 555. The molecule has 0 radical (unpaired) electrons. The van der Waals surface area contributed by atoms with Gasteiger partial charge in [-0.25, -0.2) is 0 Å². The molecule has 2 N–H and O–H groups in total. The Balaban J connectivity index is 2.59. The fourth-order valence-electron chi connectivity index (χ4n) is 2.42. The monoisotopic (exact) mass is 258 g/mol. The summed E-state index contributed by atoms with van der Waals surface area (Å²) in [4.78, 5) is 0. The van der Waals surface area contributed by atoms with E-state index in [1.807, 2.05) is 13.0 Å². The van der Waals surface area contributed by atoms with Crippen LogP contribution in [0.1, 0.15) is 30.3 Å². The van der Waals surface area contributed by atoms with E-state index in [0.717, 1.165) is 5.57 Å². The smallest absolute Gasteiger partial charge is 0.125 e. The summed E-state index contributed by atoms with van der Waals surface area (Å²) in [5.74, 6) is 0.593. The minimum Gasteiger partial charge on any atom is -0.496 e. The molecule has 0 heterocycles. The highest BCUT2D eigenvalue weighted by Crippen LogP contribution is 2.44. The zero-order valence-corrected chi connectivity index (χ0v) is 11.1. The molecular weight excluding hydrogens is 240 g/mol. The topological polar surface area (TPSA) is 49.7 Å². The molecule has 0 saturated heterocycles. The molecule has 3 nitrogen and oxygen atoms in total. The predicted molar refractivity (Wildman–Crippen MR) is 75.0 cm³/mol. The van der Waals surface area contributed by atoms with Crippen molar-refractivity contribution in [2.24, 2.45) is 0 Å². The number of hydrogen-bond acceptors (Lipinski definition) is 3. The molecule has 1 aromatic carbocycles. The van der Waals surface area contributed by atoms with E-state index < -0.39 is 12.2 Å². The van der Waals surface area contributed by atoms with Gasteiger partial charge in [-0.1, -0.05) is 36.9 Å². The highest BCUT2D eigenvalue weighted by Gasteiger charge is 2.31. The molecule has 0 spiro atoms. The van der Waals surface area contributed by atoms with Crippen LogP contribution in [0.4, 0.5) is 0 Å². The second kappa shape index (κ2) is 5.43. The minimum atomic E-state index is -0.765. The summed E-state index contributed by atoms with van der Waals surface area (Å²) in [6.45, 7) is 5.42. The van der Waals surface area contributed by atoms with Crippen molar-refractivity contribution in [1.29, 1.82) is 0 Å². The molecule has 0 fully saturated rings. The van der Waals surface area contributed by atoms with Gasteiger partial charge in [-0.2, -0.15) is 0 Å². The van der Waals surface area contributed by atoms with Crippen molar-refractivity contribution in [2.45, 2.75) is 19.1 Å². The Kier molecular flexibility index (Phi) is 3.88. The third-order valence-corrected chi connectivity index (χ3v) is 3.46. The van der Waals surface area contributed by atoms with E-state index in [-0.39, 0.29) is 0 Å². The molecule has 2 rings (SSSR count). The van der Waals surface area contributed by atoms with Crippen LogP contribution in [0.15, 0.2) is 54.2 Å². The van der Waals surface area contributed by atoms with Gasteiger partial charge >= 0.3 is 0 Å². The van der Waals surface area contributed by atoms with Crippen LogP contribution in [0, 0.1) is 0 Å². The van der Waals surface area contributed by atoms with Gasteiger partial charge in [-0.05, 0) is 29.7 Å². The number of methoxy groups -OCH3 is 1. The highest BCUT2D eigenvalue weighted by molar-refractivity contribution is 5.54. The third kappa shape index (κ3) is 2.23. The van der Waals surface area contributed by atoms with Crippen molar-refractivity contribution in [1.82, 2.24) is 0 Å². The fraction of sp³-hybridized carbons (Fsp3) is 0.250. The first-order valence-electron chi connectivity index (χ1n) is 6.14. The molecule has 100 valence electrons. The lowest BCUT2D eigenvalue weighted by Gasteiger charge is -2.30. The lowest BCUT2D eigenvalue weighted by atomic mass is 9.82. The van der Waals surface area contributed by atoms with Gasteiger partial charge in [0.05, 0.1) is 7.11 Å². The molecule has 2 atom stereocenters. The Morgan fingerprint density at radius 1 is 1.26 bits per heavy atom. The van der Waals surface area contributed by atoms with Gasteiger partial charge in [0.25, 0.3) is 0 Å². The summed E-state index contributed by atoms with van der Waals surface area (Å²) in [5, 5.41) is 20.9. The van der Waals surface area contributed by atoms with Gasteiger partial charge in [0, 0.05) is 5.56 Å². The van der Waals surface area contributed by atoms with Gasteiger partial charge in [0.2, 0.25) is 0 Å². The largest absolute Gasteiger partial charge is 0.496 e. The Morgan fingerprint density at radius 3 is 2.63 bits per heavy atom. The van der Waals surface area contributed by atoms with E-state index in [2.05, 4.69) is 6.58 Å². The Hall–Kier alpha value is -1.84. The lowest BCUT2D eigenvalue weighted by Crippen LogP contribution is -2.18. The second-order valence-corrected chi connectivity index (χ2v) is 4.50. The maximum atomic E-state index is 10.4. The number of benzene rings is 1. The van der Waals surface area contributed by atoms with Crippen molar-refractivity contribution < 1.29 is 14.9 Å². The Morgan fingerprint density at radius 2 is 2.00 bits per heavy atom. The number of hydrogen-bond donors (Lipinski definition) is 2. The van der Waals surface area contributed by atoms with E-state index in [9.17, 15) is 10.2 Å². The van der Waals surface area contributed by atoms with E-state index in [0.29, 0.717) is 22.4 Å². The summed E-state index contributed by atoms with van der Waals surface area (Å²) < 4.78 is 5.27. The zero-order chi connectivity index (χ0) is 14.0. The average Bonchev–Trinajstić information content (AvgIpc) is 2.44. The number of aliphatic hydroxyl groups excluding tert-OH is 2. The van der Waals surface area contributed by atoms with Crippen molar-refractivity contribution in [2.75, 3.05) is 7.11 Å². The summed E-state index contributed by atoms with van der Waals surface area (Å²) in [6.07, 6.45) is 3.64. The molecule has 0 bridgehead atoms. The van der Waals surface area contributed by atoms with Crippen LogP contribution in [0.5, 0.6) is 5.75 Å². The molecule has 19 heavy (non-hydrogen) atoms. The quantitative estimate of drug-likeness (QED) is 0.820.